The highest BCUT2D eigenvalue weighted by Crippen LogP contribution is 2.40. The van der Waals surface area contributed by atoms with E-state index in [1.807, 2.05) is 6.20 Å². The maximum atomic E-state index is 12.6. The number of aromatic nitrogens is 2. The number of amides is 1. The minimum atomic E-state index is -0.871. The van der Waals surface area contributed by atoms with Crippen molar-refractivity contribution in [3.8, 4) is 0 Å². The van der Waals surface area contributed by atoms with E-state index in [0.29, 0.717) is 12.3 Å². The molecule has 6 nitrogen and oxygen atoms in total. The molecule has 0 bridgehead atoms. The van der Waals surface area contributed by atoms with Crippen LogP contribution in [0, 0.1) is 5.92 Å². The first-order valence-electron chi connectivity index (χ1n) is 7.57. The van der Waals surface area contributed by atoms with Crippen LogP contribution < -0.4 is 0 Å². The summed E-state index contributed by atoms with van der Waals surface area (Å²) in [6, 6.07) is -0.536. The van der Waals surface area contributed by atoms with Crippen molar-refractivity contribution in [1.29, 1.82) is 0 Å². The van der Waals surface area contributed by atoms with Gasteiger partial charge in [0.15, 0.2) is 0 Å². The third-order valence-electron chi connectivity index (χ3n) is 4.77. The van der Waals surface area contributed by atoms with Gasteiger partial charge < -0.3 is 10.0 Å². The van der Waals surface area contributed by atoms with Gasteiger partial charge in [-0.1, -0.05) is 12.8 Å². The van der Waals surface area contributed by atoms with Gasteiger partial charge in [0, 0.05) is 19.3 Å². The van der Waals surface area contributed by atoms with Gasteiger partial charge in [0.25, 0.3) is 0 Å². The van der Waals surface area contributed by atoms with E-state index < -0.39 is 12.0 Å². The van der Waals surface area contributed by atoms with Crippen molar-refractivity contribution in [3.05, 3.63) is 18.0 Å². The predicted octanol–water partition coefficient (Wildman–Crippen LogP) is 1.21. The molecule has 0 aromatic carbocycles. The zero-order valence-corrected chi connectivity index (χ0v) is 12.2. The normalized spacial score (nSPS) is 28.4. The van der Waals surface area contributed by atoms with E-state index in [1.54, 1.807) is 22.8 Å². The van der Waals surface area contributed by atoms with Crippen molar-refractivity contribution in [2.45, 2.75) is 50.6 Å². The van der Waals surface area contributed by atoms with Crippen LogP contribution in [0.25, 0.3) is 0 Å². The molecule has 1 amide bonds. The molecule has 2 fully saturated rings. The zero-order valence-electron chi connectivity index (χ0n) is 12.2. The summed E-state index contributed by atoms with van der Waals surface area (Å²) in [6.07, 6.45) is 8.55. The van der Waals surface area contributed by atoms with Gasteiger partial charge in [-0.25, -0.2) is 4.79 Å². The summed E-state index contributed by atoms with van der Waals surface area (Å²) in [7, 11) is 1.81. The largest absolute Gasteiger partial charge is 0.480 e. The Kier molecular flexibility index (Phi) is 3.69. The molecule has 1 aromatic rings. The van der Waals surface area contributed by atoms with Gasteiger partial charge >= 0.3 is 5.97 Å². The fourth-order valence-electron chi connectivity index (χ4n) is 3.87. The highest BCUT2D eigenvalue weighted by Gasteiger charge is 2.47. The van der Waals surface area contributed by atoms with Crippen LogP contribution in [0.2, 0.25) is 0 Å². The average molecular weight is 291 g/mol. The summed E-state index contributed by atoms with van der Waals surface area (Å²) < 4.78 is 1.66. The molecule has 21 heavy (non-hydrogen) atoms. The monoisotopic (exact) mass is 291 g/mol. The van der Waals surface area contributed by atoms with Gasteiger partial charge in [0.1, 0.15) is 6.04 Å². The molecular formula is C15H21N3O3. The van der Waals surface area contributed by atoms with Gasteiger partial charge in [-0.3, -0.25) is 9.48 Å². The number of rotatable bonds is 3. The first-order valence-corrected chi connectivity index (χ1v) is 7.57. The SMILES string of the molecule is Cn1cc(CC(=O)N2C(C(=O)O)CC3CCCCC32)cn1. The van der Waals surface area contributed by atoms with Crippen molar-refractivity contribution >= 4 is 11.9 Å². The van der Waals surface area contributed by atoms with Crippen LogP contribution in [-0.2, 0) is 23.1 Å². The molecule has 0 spiro atoms. The molecule has 1 saturated carbocycles. The number of carbonyl (C=O) groups excluding carboxylic acids is 1. The number of carbonyl (C=O) groups is 2. The van der Waals surface area contributed by atoms with Crippen LogP contribution in [-0.4, -0.2) is 43.7 Å². The standard InChI is InChI=1S/C15H21N3O3/c1-17-9-10(8-16-17)6-14(19)18-12-5-3-2-4-11(12)7-13(18)15(20)21/h8-9,11-13H,2-7H2,1H3,(H,20,21). The zero-order chi connectivity index (χ0) is 15.0. The predicted molar refractivity (Wildman–Crippen MR) is 75.5 cm³/mol. The second kappa shape index (κ2) is 5.50. The van der Waals surface area contributed by atoms with Crippen molar-refractivity contribution in [2.75, 3.05) is 0 Å². The molecule has 3 unspecified atom stereocenters. The fraction of sp³-hybridized carbons (Fsp3) is 0.667. The Labute approximate surface area is 123 Å². The molecule has 3 atom stereocenters. The minimum Gasteiger partial charge on any atom is -0.480 e. The minimum absolute atomic E-state index is 0.0789. The molecular weight excluding hydrogens is 270 g/mol. The molecule has 1 N–H and O–H groups in total. The number of carboxylic acids is 1. The molecule has 2 heterocycles. The molecule has 1 saturated heterocycles. The number of hydrogen-bond donors (Lipinski definition) is 1. The lowest BCUT2D eigenvalue weighted by Gasteiger charge is -2.33. The second-order valence-corrected chi connectivity index (χ2v) is 6.20. The van der Waals surface area contributed by atoms with E-state index in [0.717, 1.165) is 31.2 Å². The maximum absolute atomic E-state index is 12.6. The Morgan fingerprint density at radius 1 is 1.38 bits per heavy atom. The summed E-state index contributed by atoms with van der Waals surface area (Å²) in [6.45, 7) is 0. The summed E-state index contributed by atoms with van der Waals surface area (Å²) in [5.74, 6) is -0.591. The Morgan fingerprint density at radius 3 is 2.81 bits per heavy atom. The van der Waals surface area contributed by atoms with Gasteiger partial charge in [0.05, 0.1) is 12.6 Å². The van der Waals surface area contributed by atoms with Crippen LogP contribution in [0.4, 0.5) is 0 Å². The molecule has 0 radical (unpaired) electrons. The van der Waals surface area contributed by atoms with Gasteiger partial charge in [-0.2, -0.15) is 5.10 Å². The summed E-state index contributed by atoms with van der Waals surface area (Å²) in [4.78, 5) is 25.8. The number of fused-ring (bicyclic) bond motifs is 1. The lowest BCUT2D eigenvalue weighted by Crippen LogP contribution is -2.46. The Hall–Kier alpha value is -1.85. The van der Waals surface area contributed by atoms with E-state index in [1.165, 1.54) is 0 Å². The fourth-order valence-corrected chi connectivity index (χ4v) is 3.87. The van der Waals surface area contributed by atoms with Crippen LogP contribution >= 0.6 is 0 Å². The highest BCUT2D eigenvalue weighted by atomic mass is 16.4. The molecule has 1 aromatic heterocycles. The molecule has 1 aliphatic heterocycles. The lowest BCUT2D eigenvalue weighted by atomic mass is 9.84. The van der Waals surface area contributed by atoms with Crippen LogP contribution in [0.1, 0.15) is 37.7 Å². The number of likely N-dealkylation sites (tertiary alicyclic amines) is 1. The van der Waals surface area contributed by atoms with Crippen LogP contribution in [0.15, 0.2) is 12.4 Å². The lowest BCUT2D eigenvalue weighted by molar-refractivity contribution is -0.149. The number of carboxylic acid groups (broad SMARTS) is 1. The topological polar surface area (TPSA) is 75.4 Å². The van der Waals surface area contributed by atoms with Crippen LogP contribution in [0.5, 0.6) is 0 Å². The summed E-state index contributed by atoms with van der Waals surface area (Å²) in [5, 5.41) is 13.5. The van der Waals surface area contributed by atoms with Gasteiger partial charge in [-0.05, 0) is 30.7 Å². The van der Waals surface area contributed by atoms with E-state index in [2.05, 4.69) is 5.10 Å². The van der Waals surface area contributed by atoms with Gasteiger partial charge in [-0.15, -0.1) is 0 Å². The highest BCUT2D eigenvalue weighted by molar-refractivity contribution is 5.86. The molecule has 2 aliphatic rings. The Bertz CT molecular complexity index is 554. The van der Waals surface area contributed by atoms with E-state index in [4.69, 9.17) is 0 Å². The number of aliphatic carboxylic acids is 1. The third-order valence-corrected chi connectivity index (χ3v) is 4.77. The molecule has 1 aliphatic carbocycles. The average Bonchev–Trinajstić information content (AvgIpc) is 3.02. The number of nitrogens with zero attached hydrogens (tertiary/aromatic N) is 3. The quantitative estimate of drug-likeness (QED) is 0.908. The molecule has 6 heteroatoms. The molecule has 114 valence electrons. The van der Waals surface area contributed by atoms with Gasteiger partial charge in [0.2, 0.25) is 5.91 Å². The Morgan fingerprint density at radius 2 is 2.14 bits per heavy atom. The van der Waals surface area contributed by atoms with Crippen LogP contribution in [0.3, 0.4) is 0 Å². The number of aryl methyl sites for hydroxylation is 1. The van der Waals surface area contributed by atoms with Crippen molar-refractivity contribution in [2.24, 2.45) is 13.0 Å². The van der Waals surface area contributed by atoms with E-state index in [9.17, 15) is 14.7 Å². The summed E-state index contributed by atoms with van der Waals surface area (Å²) >= 11 is 0. The van der Waals surface area contributed by atoms with Crippen molar-refractivity contribution in [3.63, 3.8) is 0 Å². The first kappa shape index (κ1) is 14.1. The Balaban J connectivity index is 1.79. The van der Waals surface area contributed by atoms with Crippen molar-refractivity contribution in [1.82, 2.24) is 14.7 Å². The van der Waals surface area contributed by atoms with E-state index >= 15 is 0 Å². The van der Waals surface area contributed by atoms with Crippen molar-refractivity contribution < 1.29 is 14.7 Å². The molecule has 3 rings (SSSR count). The summed E-state index contributed by atoms with van der Waals surface area (Å²) in [5.41, 5.74) is 0.839. The smallest absolute Gasteiger partial charge is 0.326 e. The maximum Gasteiger partial charge on any atom is 0.326 e. The number of hydrogen-bond acceptors (Lipinski definition) is 3. The first-order chi connectivity index (χ1) is 10.1. The second-order valence-electron chi connectivity index (χ2n) is 6.20. The third kappa shape index (κ3) is 2.66. The van der Waals surface area contributed by atoms with E-state index in [-0.39, 0.29) is 18.4 Å².